The van der Waals surface area contributed by atoms with Crippen LogP contribution < -0.4 is 15.8 Å². The van der Waals surface area contributed by atoms with E-state index in [-0.39, 0.29) is 29.9 Å². The van der Waals surface area contributed by atoms with Gasteiger partial charge in [0.15, 0.2) is 5.78 Å². The summed E-state index contributed by atoms with van der Waals surface area (Å²) in [5, 5.41) is 2.93. The molecule has 9 nitrogen and oxygen atoms in total. The van der Waals surface area contributed by atoms with Gasteiger partial charge in [0.1, 0.15) is 11.8 Å². The van der Waals surface area contributed by atoms with Crippen LogP contribution in [0.4, 0.5) is 0 Å². The number of nitrogens with one attached hydrogen (secondary N) is 2. The topological polar surface area (TPSA) is 130 Å². The first kappa shape index (κ1) is 30.3. The molecule has 4 rings (SSSR count). The van der Waals surface area contributed by atoms with E-state index in [2.05, 4.69) is 15.3 Å². The van der Waals surface area contributed by atoms with Gasteiger partial charge in [0.2, 0.25) is 11.8 Å². The second kappa shape index (κ2) is 14.8. The molecular weight excluding hydrogens is 494 g/mol. The van der Waals surface area contributed by atoms with Gasteiger partial charge in [-0.3, -0.25) is 14.4 Å². The van der Waals surface area contributed by atoms with Gasteiger partial charge in [-0.05, 0) is 31.2 Å². The fourth-order valence-electron chi connectivity index (χ4n) is 5.91. The largest absolute Gasteiger partial charge is 0.496 e. The predicted octanol–water partition coefficient (Wildman–Crippen LogP) is 3.95. The summed E-state index contributed by atoms with van der Waals surface area (Å²) >= 11 is 0. The molecule has 2 aromatic rings. The van der Waals surface area contributed by atoms with Crippen molar-refractivity contribution in [2.24, 2.45) is 17.6 Å². The average molecular weight is 540 g/mol. The molecule has 1 aliphatic heterocycles. The number of amides is 2. The van der Waals surface area contributed by atoms with Gasteiger partial charge in [0, 0.05) is 42.9 Å². The highest BCUT2D eigenvalue weighted by atomic mass is 16.5. The molecule has 0 spiro atoms. The van der Waals surface area contributed by atoms with E-state index in [4.69, 9.17) is 10.5 Å². The number of hydrogen-bond acceptors (Lipinski definition) is 6. The summed E-state index contributed by atoms with van der Waals surface area (Å²) in [5.74, 6) is 0.855. The zero-order chi connectivity index (χ0) is 28.4. The van der Waals surface area contributed by atoms with E-state index in [1.807, 2.05) is 38.1 Å². The van der Waals surface area contributed by atoms with Gasteiger partial charge < -0.3 is 25.7 Å². The molecule has 1 saturated carbocycles. The third kappa shape index (κ3) is 7.91. The van der Waals surface area contributed by atoms with Crippen LogP contribution in [0.1, 0.15) is 83.0 Å². The molecule has 214 valence electrons. The zero-order valence-corrected chi connectivity index (χ0v) is 23.8. The number of carbonyl (C=O) groups excluding carboxylic acids is 3. The van der Waals surface area contributed by atoms with Crippen LogP contribution in [-0.2, 0) is 20.8 Å². The van der Waals surface area contributed by atoms with Crippen LogP contribution in [0.5, 0.6) is 5.75 Å². The van der Waals surface area contributed by atoms with Crippen molar-refractivity contribution in [3.05, 3.63) is 48.0 Å². The van der Waals surface area contributed by atoms with Crippen molar-refractivity contribution in [3.63, 3.8) is 0 Å². The van der Waals surface area contributed by atoms with Crippen LogP contribution in [-0.4, -0.2) is 58.2 Å². The highest BCUT2D eigenvalue weighted by Crippen LogP contribution is 2.38. The first-order valence-corrected chi connectivity index (χ1v) is 14.3. The van der Waals surface area contributed by atoms with Crippen molar-refractivity contribution in [1.82, 2.24) is 20.2 Å². The number of imidazole rings is 1. The summed E-state index contributed by atoms with van der Waals surface area (Å²) in [4.78, 5) is 48.2. The molecule has 39 heavy (non-hydrogen) atoms. The molecule has 2 heterocycles. The fraction of sp³-hybridized carbons (Fsp3) is 0.600. The number of Topliss-reactive ketones (excluding diaryl/α,β-unsaturated/α-hetero) is 1. The Hall–Kier alpha value is -3.20. The van der Waals surface area contributed by atoms with Crippen molar-refractivity contribution in [3.8, 4) is 5.75 Å². The van der Waals surface area contributed by atoms with E-state index >= 15 is 0 Å². The maximum atomic E-state index is 13.6. The summed E-state index contributed by atoms with van der Waals surface area (Å²) in [6.45, 7) is 6.02. The Labute approximate surface area is 232 Å². The quantitative estimate of drug-likeness (QED) is 0.419. The first-order valence-electron chi connectivity index (χ1n) is 14.3. The lowest BCUT2D eigenvalue weighted by Gasteiger charge is -2.28. The highest BCUT2D eigenvalue weighted by Gasteiger charge is 2.43. The van der Waals surface area contributed by atoms with Gasteiger partial charge in [-0.15, -0.1) is 0 Å². The normalized spacial score (nSPS) is 20.9. The molecular formula is C30H45N5O4. The number of aromatic nitrogens is 2. The van der Waals surface area contributed by atoms with Gasteiger partial charge in [0.25, 0.3) is 0 Å². The van der Waals surface area contributed by atoms with Gasteiger partial charge in [-0.2, -0.15) is 0 Å². The number of ketones is 1. The zero-order valence-electron chi connectivity index (χ0n) is 23.8. The number of nitrogens with zero attached hydrogens (tertiary/aromatic N) is 2. The number of nitrogens with two attached hydrogens (primary N) is 1. The molecule has 0 bridgehead atoms. The SMILES string of the molecule is CC.COc1ccccc1C(N)CC(=O)N1CC(C2CCCCC2)C[C@H]1C(=O)NC(Cc1cnc[nH]1)C(C)=O. The lowest BCUT2D eigenvalue weighted by molar-refractivity contribution is -0.139. The molecule has 1 saturated heterocycles. The number of para-hydroxylation sites is 1. The van der Waals surface area contributed by atoms with E-state index in [1.54, 1.807) is 24.5 Å². The van der Waals surface area contributed by atoms with Crippen molar-refractivity contribution >= 4 is 17.6 Å². The lowest BCUT2D eigenvalue weighted by atomic mass is 9.79. The maximum Gasteiger partial charge on any atom is 0.243 e. The molecule has 4 atom stereocenters. The summed E-state index contributed by atoms with van der Waals surface area (Å²) in [6.07, 6.45) is 10.1. The molecule has 4 N–H and O–H groups in total. The molecule has 1 aromatic carbocycles. The second-order valence-electron chi connectivity index (χ2n) is 10.5. The number of benzene rings is 1. The Morgan fingerprint density at radius 3 is 2.51 bits per heavy atom. The highest BCUT2D eigenvalue weighted by molar-refractivity contribution is 5.92. The minimum Gasteiger partial charge on any atom is -0.496 e. The molecule has 2 aliphatic rings. The molecule has 1 aromatic heterocycles. The van der Waals surface area contributed by atoms with Gasteiger partial charge in [-0.25, -0.2) is 4.98 Å². The van der Waals surface area contributed by atoms with E-state index in [9.17, 15) is 14.4 Å². The number of methoxy groups -OCH3 is 1. The summed E-state index contributed by atoms with van der Waals surface area (Å²) < 4.78 is 5.43. The number of H-pyrrole nitrogens is 1. The smallest absolute Gasteiger partial charge is 0.243 e. The predicted molar refractivity (Wildman–Crippen MR) is 151 cm³/mol. The minimum absolute atomic E-state index is 0.0752. The summed E-state index contributed by atoms with van der Waals surface area (Å²) in [7, 11) is 1.58. The number of ether oxygens (including phenoxy) is 1. The number of rotatable bonds is 10. The lowest BCUT2D eigenvalue weighted by Crippen LogP contribution is -2.51. The standard InChI is InChI=1S/C28H39N5O4.C2H6/c1-18(34)24(13-21-15-30-17-31-21)32-28(36)25-12-20(19-8-4-3-5-9-19)16-33(25)27(35)14-23(29)22-10-6-7-11-26(22)37-2;1-2/h6-7,10-11,15,17,19-20,23-25H,3-5,8-9,12-14,16,29H2,1-2H3,(H,30,31)(H,32,36);1-2H3/t20?,23?,24?,25-;/m0./s1. The van der Waals surface area contributed by atoms with Crippen LogP contribution in [0.3, 0.4) is 0 Å². The van der Waals surface area contributed by atoms with E-state index in [1.165, 1.54) is 26.2 Å². The number of likely N-dealkylation sites (tertiary alicyclic amines) is 1. The average Bonchev–Trinajstić information content (AvgIpc) is 3.65. The van der Waals surface area contributed by atoms with Crippen LogP contribution in [0.15, 0.2) is 36.8 Å². The Balaban J connectivity index is 0.00000205. The van der Waals surface area contributed by atoms with E-state index in [0.717, 1.165) is 24.1 Å². The van der Waals surface area contributed by atoms with Crippen molar-refractivity contribution in [1.29, 1.82) is 0 Å². The Bertz CT molecular complexity index is 1070. The number of aromatic amines is 1. The number of hydrogen-bond donors (Lipinski definition) is 3. The summed E-state index contributed by atoms with van der Waals surface area (Å²) in [6, 6.07) is 5.57. The van der Waals surface area contributed by atoms with Gasteiger partial charge in [0.05, 0.1) is 19.5 Å². The van der Waals surface area contributed by atoms with Gasteiger partial charge in [-0.1, -0.05) is 64.2 Å². The van der Waals surface area contributed by atoms with Crippen molar-refractivity contribution in [2.75, 3.05) is 13.7 Å². The van der Waals surface area contributed by atoms with Crippen LogP contribution in [0.2, 0.25) is 0 Å². The third-order valence-corrected chi connectivity index (χ3v) is 7.99. The van der Waals surface area contributed by atoms with Crippen LogP contribution in [0, 0.1) is 11.8 Å². The Kier molecular flexibility index (Phi) is 11.5. The summed E-state index contributed by atoms with van der Waals surface area (Å²) in [5.41, 5.74) is 7.98. The van der Waals surface area contributed by atoms with Gasteiger partial charge >= 0.3 is 0 Å². The van der Waals surface area contributed by atoms with Crippen LogP contribution in [0.25, 0.3) is 0 Å². The van der Waals surface area contributed by atoms with Crippen molar-refractivity contribution < 1.29 is 19.1 Å². The van der Waals surface area contributed by atoms with Crippen molar-refractivity contribution in [2.45, 2.75) is 90.3 Å². The Morgan fingerprint density at radius 2 is 1.87 bits per heavy atom. The second-order valence-corrected chi connectivity index (χ2v) is 10.5. The first-order chi connectivity index (χ1) is 18.9. The van der Waals surface area contributed by atoms with Crippen LogP contribution >= 0.6 is 0 Å². The molecule has 2 amide bonds. The number of carbonyl (C=O) groups is 3. The van der Waals surface area contributed by atoms with E-state index < -0.39 is 18.1 Å². The maximum absolute atomic E-state index is 13.6. The molecule has 3 unspecified atom stereocenters. The fourth-order valence-corrected chi connectivity index (χ4v) is 5.91. The third-order valence-electron chi connectivity index (χ3n) is 7.99. The van der Waals surface area contributed by atoms with E-state index in [0.29, 0.717) is 31.1 Å². The molecule has 1 aliphatic carbocycles. The monoisotopic (exact) mass is 539 g/mol. The molecule has 0 radical (unpaired) electrons. The molecule has 2 fully saturated rings. The molecule has 9 heteroatoms. The minimum atomic E-state index is -0.686. The Morgan fingerprint density at radius 1 is 1.15 bits per heavy atom.